The van der Waals surface area contributed by atoms with Crippen LogP contribution in [-0.4, -0.2) is 36.1 Å². The van der Waals surface area contributed by atoms with Crippen molar-refractivity contribution in [1.82, 2.24) is 5.32 Å². The van der Waals surface area contributed by atoms with Gasteiger partial charge in [0.25, 0.3) is 0 Å². The second-order valence-electron chi connectivity index (χ2n) is 3.84. The number of ether oxygens (including phenoxy) is 1. The Kier molecular flexibility index (Phi) is 4.40. The molecule has 7 heteroatoms. The third-order valence-corrected chi connectivity index (χ3v) is 2.39. The maximum atomic E-state index is 11.7. The molecule has 16 heavy (non-hydrogen) atoms. The highest BCUT2D eigenvalue weighted by Crippen LogP contribution is 2.19. The molecular formula is C9H14F3NO3. The number of nitrogens with one attached hydrogen (secondary N) is 1. The van der Waals surface area contributed by atoms with Crippen LogP contribution >= 0.6 is 0 Å². The Morgan fingerprint density at radius 3 is 2.38 bits per heavy atom. The predicted molar refractivity (Wildman–Crippen MR) is 48.8 cm³/mol. The summed E-state index contributed by atoms with van der Waals surface area (Å²) in [7, 11) is 0. The lowest BCUT2D eigenvalue weighted by molar-refractivity contribution is -0.160. The van der Waals surface area contributed by atoms with Gasteiger partial charge in [0.2, 0.25) is 0 Å². The fraction of sp³-hybridized carbons (Fsp3) is 0.889. The number of aliphatic hydroxyl groups is 1. The summed E-state index contributed by atoms with van der Waals surface area (Å²) in [4.78, 5) is 10.9. The van der Waals surface area contributed by atoms with Gasteiger partial charge in [0.15, 0.2) is 6.61 Å². The highest BCUT2D eigenvalue weighted by atomic mass is 19.4. The van der Waals surface area contributed by atoms with E-state index >= 15 is 0 Å². The van der Waals surface area contributed by atoms with E-state index in [1.54, 1.807) is 0 Å². The lowest BCUT2D eigenvalue weighted by atomic mass is 9.93. The van der Waals surface area contributed by atoms with E-state index in [0.29, 0.717) is 25.7 Å². The molecule has 0 aliphatic heterocycles. The van der Waals surface area contributed by atoms with Crippen LogP contribution in [0, 0.1) is 0 Å². The van der Waals surface area contributed by atoms with Gasteiger partial charge in [-0.05, 0) is 25.7 Å². The van der Waals surface area contributed by atoms with Crippen molar-refractivity contribution < 1.29 is 27.8 Å². The molecule has 1 fully saturated rings. The lowest BCUT2D eigenvalue weighted by Gasteiger charge is -2.25. The second kappa shape index (κ2) is 5.38. The number of carbonyl (C=O) groups is 1. The van der Waals surface area contributed by atoms with Crippen LogP contribution in [0.4, 0.5) is 18.0 Å². The van der Waals surface area contributed by atoms with Crippen LogP contribution in [0.1, 0.15) is 25.7 Å². The Morgan fingerprint density at radius 2 is 1.88 bits per heavy atom. The molecule has 0 bridgehead atoms. The zero-order valence-electron chi connectivity index (χ0n) is 8.59. The third kappa shape index (κ3) is 5.20. The summed E-state index contributed by atoms with van der Waals surface area (Å²) in [6.07, 6.45) is -3.72. The van der Waals surface area contributed by atoms with Gasteiger partial charge in [-0.2, -0.15) is 13.2 Å². The van der Waals surface area contributed by atoms with Gasteiger partial charge in [0, 0.05) is 6.04 Å². The van der Waals surface area contributed by atoms with Gasteiger partial charge in [-0.15, -0.1) is 0 Å². The number of hydrogen-bond acceptors (Lipinski definition) is 3. The number of hydrogen-bond donors (Lipinski definition) is 2. The van der Waals surface area contributed by atoms with Crippen LogP contribution in [0.2, 0.25) is 0 Å². The molecule has 2 N–H and O–H groups in total. The molecule has 0 radical (unpaired) electrons. The number of alkyl carbamates (subject to hydrolysis) is 1. The molecule has 0 heterocycles. The van der Waals surface area contributed by atoms with Gasteiger partial charge >= 0.3 is 12.3 Å². The number of rotatable bonds is 2. The number of aliphatic hydroxyl groups excluding tert-OH is 1. The van der Waals surface area contributed by atoms with E-state index in [4.69, 9.17) is 0 Å². The zero-order chi connectivity index (χ0) is 12.2. The minimum Gasteiger partial charge on any atom is -0.440 e. The number of carbonyl (C=O) groups excluding carboxylic acids is 1. The maximum Gasteiger partial charge on any atom is 0.422 e. The maximum absolute atomic E-state index is 11.7. The Balaban J connectivity index is 2.19. The summed E-state index contributed by atoms with van der Waals surface area (Å²) in [6, 6.07) is -0.205. The lowest BCUT2D eigenvalue weighted by Crippen LogP contribution is -2.39. The van der Waals surface area contributed by atoms with Crippen molar-refractivity contribution in [2.24, 2.45) is 0 Å². The van der Waals surface area contributed by atoms with Gasteiger partial charge in [-0.1, -0.05) is 0 Å². The minimum absolute atomic E-state index is 0.205. The quantitative estimate of drug-likeness (QED) is 0.771. The average molecular weight is 241 g/mol. The van der Waals surface area contributed by atoms with E-state index in [-0.39, 0.29) is 12.1 Å². The Labute approximate surface area is 90.8 Å². The van der Waals surface area contributed by atoms with E-state index in [9.17, 15) is 23.1 Å². The molecule has 94 valence electrons. The van der Waals surface area contributed by atoms with E-state index in [2.05, 4.69) is 10.1 Å². The molecule has 0 aromatic carbocycles. The van der Waals surface area contributed by atoms with Crippen molar-refractivity contribution >= 4 is 6.09 Å². The normalized spacial score (nSPS) is 26.2. The number of alkyl halides is 3. The molecule has 0 aromatic heterocycles. The summed E-state index contributed by atoms with van der Waals surface area (Å²) in [6.45, 7) is -1.58. The number of amides is 1. The molecule has 4 nitrogen and oxygen atoms in total. The molecule has 0 saturated heterocycles. The Morgan fingerprint density at radius 1 is 1.31 bits per heavy atom. The monoisotopic (exact) mass is 241 g/mol. The fourth-order valence-corrected chi connectivity index (χ4v) is 1.58. The Bertz CT molecular complexity index is 237. The molecule has 0 atom stereocenters. The van der Waals surface area contributed by atoms with Crippen LogP contribution < -0.4 is 5.32 Å². The van der Waals surface area contributed by atoms with Crippen LogP contribution in [0.25, 0.3) is 0 Å². The first-order valence-corrected chi connectivity index (χ1v) is 5.05. The van der Waals surface area contributed by atoms with E-state index in [1.165, 1.54) is 0 Å². The summed E-state index contributed by atoms with van der Waals surface area (Å²) in [5, 5.41) is 11.5. The summed E-state index contributed by atoms with van der Waals surface area (Å²) in [5.41, 5.74) is 0. The molecule has 1 saturated carbocycles. The Hall–Kier alpha value is -0.980. The third-order valence-electron chi connectivity index (χ3n) is 2.39. The number of halogens is 3. The largest absolute Gasteiger partial charge is 0.440 e. The zero-order valence-corrected chi connectivity index (χ0v) is 8.59. The molecule has 1 amide bonds. The van der Waals surface area contributed by atoms with Gasteiger partial charge in [-0.3, -0.25) is 0 Å². The van der Waals surface area contributed by atoms with Gasteiger partial charge in [0.05, 0.1) is 6.10 Å². The molecule has 1 aliphatic rings. The van der Waals surface area contributed by atoms with E-state index in [0.717, 1.165) is 0 Å². The van der Waals surface area contributed by atoms with Crippen molar-refractivity contribution in [1.29, 1.82) is 0 Å². The van der Waals surface area contributed by atoms with E-state index in [1.807, 2.05) is 0 Å². The topological polar surface area (TPSA) is 58.6 Å². The van der Waals surface area contributed by atoms with Crippen molar-refractivity contribution in [3.05, 3.63) is 0 Å². The molecule has 0 aromatic rings. The smallest absolute Gasteiger partial charge is 0.422 e. The highest BCUT2D eigenvalue weighted by Gasteiger charge is 2.30. The first-order chi connectivity index (χ1) is 7.37. The standard InChI is InChI=1S/C9H14F3NO3/c10-9(11,12)5-16-8(15)13-6-1-3-7(14)4-2-6/h6-7,14H,1-5H2,(H,13,15). The predicted octanol–water partition coefficient (Wildman–Crippen LogP) is 1.58. The fourth-order valence-electron chi connectivity index (χ4n) is 1.58. The van der Waals surface area contributed by atoms with Crippen LogP contribution in [-0.2, 0) is 4.74 Å². The highest BCUT2D eigenvalue weighted by molar-refractivity contribution is 5.67. The SMILES string of the molecule is O=C(NC1CCC(O)CC1)OCC(F)(F)F. The van der Waals surface area contributed by atoms with E-state index < -0.39 is 18.9 Å². The van der Waals surface area contributed by atoms with Gasteiger partial charge in [-0.25, -0.2) is 4.79 Å². The molecule has 1 rings (SSSR count). The van der Waals surface area contributed by atoms with Gasteiger partial charge in [0.1, 0.15) is 0 Å². The molecule has 1 aliphatic carbocycles. The first kappa shape index (κ1) is 13.1. The van der Waals surface area contributed by atoms with Gasteiger partial charge < -0.3 is 15.2 Å². The van der Waals surface area contributed by atoms with Crippen molar-refractivity contribution in [3.8, 4) is 0 Å². The van der Waals surface area contributed by atoms with Crippen molar-refractivity contribution in [3.63, 3.8) is 0 Å². The summed E-state index contributed by atoms with van der Waals surface area (Å²) < 4.78 is 39.1. The van der Waals surface area contributed by atoms with Crippen LogP contribution in [0.3, 0.4) is 0 Å². The average Bonchev–Trinajstić information content (AvgIpc) is 2.18. The molecule has 0 unspecified atom stereocenters. The minimum atomic E-state index is -4.50. The molecular weight excluding hydrogens is 227 g/mol. The van der Waals surface area contributed by atoms with Crippen molar-refractivity contribution in [2.45, 2.75) is 44.0 Å². The van der Waals surface area contributed by atoms with Crippen LogP contribution in [0.5, 0.6) is 0 Å². The molecule has 0 spiro atoms. The first-order valence-electron chi connectivity index (χ1n) is 5.05. The van der Waals surface area contributed by atoms with Crippen molar-refractivity contribution in [2.75, 3.05) is 6.61 Å². The summed E-state index contributed by atoms with van der Waals surface area (Å²) in [5.74, 6) is 0. The second-order valence-corrected chi connectivity index (χ2v) is 3.84. The summed E-state index contributed by atoms with van der Waals surface area (Å²) >= 11 is 0. The van der Waals surface area contributed by atoms with Crippen LogP contribution in [0.15, 0.2) is 0 Å².